The molecule has 0 atom stereocenters. The quantitative estimate of drug-likeness (QED) is 0.771. The van der Waals surface area contributed by atoms with Gasteiger partial charge < -0.3 is 20.4 Å². The molecule has 0 unspecified atom stereocenters. The average molecular weight is 435 g/mol. The van der Waals surface area contributed by atoms with Crippen molar-refractivity contribution in [2.45, 2.75) is 20.0 Å². The van der Waals surface area contributed by atoms with E-state index in [2.05, 4.69) is 15.6 Å². The summed E-state index contributed by atoms with van der Waals surface area (Å²) in [6.07, 6.45) is -3.60. The van der Waals surface area contributed by atoms with Crippen LogP contribution >= 0.6 is 0 Å². The fraction of sp³-hybridized carbons (Fsp3) is 0.381. The number of anilines is 2. The molecule has 7 nitrogen and oxygen atoms in total. The SMILES string of the molecule is CCNC(=O)c1ccc(C)c(NC(=O)N2CCN(c3ccc(C(F)(F)F)cn3)CC2)c1. The van der Waals surface area contributed by atoms with Gasteiger partial charge in [-0.1, -0.05) is 6.07 Å². The number of benzene rings is 1. The lowest BCUT2D eigenvalue weighted by Gasteiger charge is -2.35. The minimum absolute atomic E-state index is 0.212. The highest BCUT2D eigenvalue weighted by Gasteiger charge is 2.31. The summed E-state index contributed by atoms with van der Waals surface area (Å²) in [6, 6.07) is 7.16. The van der Waals surface area contributed by atoms with E-state index < -0.39 is 11.7 Å². The molecular formula is C21H24F3N5O2. The molecule has 1 aliphatic heterocycles. The van der Waals surface area contributed by atoms with Crippen molar-refractivity contribution in [3.05, 3.63) is 53.2 Å². The summed E-state index contributed by atoms with van der Waals surface area (Å²) >= 11 is 0. The zero-order valence-corrected chi connectivity index (χ0v) is 17.3. The molecule has 1 aliphatic rings. The number of nitrogens with one attached hydrogen (secondary N) is 2. The molecule has 2 N–H and O–H groups in total. The van der Waals surface area contributed by atoms with Crippen molar-refractivity contribution in [1.29, 1.82) is 0 Å². The molecule has 2 aromatic rings. The molecule has 0 spiro atoms. The maximum absolute atomic E-state index is 12.7. The van der Waals surface area contributed by atoms with Gasteiger partial charge in [-0.25, -0.2) is 9.78 Å². The maximum atomic E-state index is 12.7. The number of carbonyl (C=O) groups is 2. The van der Waals surface area contributed by atoms with Crippen molar-refractivity contribution in [2.75, 3.05) is 42.9 Å². The zero-order chi connectivity index (χ0) is 22.6. The van der Waals surface area contributed by atoms with Crippen molar-refractivity contribution < 1.29 is 22.8 Å². The van der Waals surface area contributed by atoms with Gasteiger partial charge in [0.1, 0.15) is 5.82 Å². The number of alkyl halides is 3. The van der Waals surface area contributed by atoms with E-state index in [4.69, 9.17) is 0 Å². The Morgan fingerprint density at radius 3 is 2.39 bits per heavy atom. The molecule has 166 valence electrons. The number of urea groups is 1. The van der Waals surface area contributed by atoms with Crippen molar-refractivity contribution in [3.63, 3.8) is 0 Å². The molecule has 0 saturated carbocycles. The van der Waals surface area contributed by atoms with Gasteiger partial charge in [0, 0.05) is 50.2 Å². The Bertz CT molecular complexity index is 939. The number of hydrogen-bond acceptors (Lipinski definition) is 4. The number of amides is 3. The van der Waals surface area contributed by atoms with E-state index in [1.807, 2.05) is 18.7 Å². The van der Waals surface area contributed by atoms with Crippen LogP contribution in [0.1, 0.15) is 28.4 Å². The summed E-state index contributed by atoms with van der Waals surface area (Å²) in [4.78, 5) is 32.1. The summed E-state index contributed by atoms with van der Waals surface area (Å²) in [7, 11) is 0. The smallest absolute Gasteiger partial charge is 0.353 e. The van der Waals surface area contributed by atoms with Gasteiger partial charge in [-0.05, 0) is 43.7 Å². The highest BCUT2D eigenvalue weighted by atomic mass is 19.4. The summed E-state index contributed by atoms with van der Waals surface area (Å²) in [5, 5.41) is 5.57. The molecule has 3 rings (SSSR count). The third kappa shape index (κ3) is 5.44. The molecular weight excluding hydrogens is 411 g/mol. The molecule has 1 fully saturated rings. The highest BCUT2D eigenvalue weighted by Crippen LogP contribution is 2.29. The van der Waals surface area contributed by atoms with Crippen molar-refractivity contribution in [2.24, 2.45) is 0 Å². The van der Waals surface area contributed by atoms with Crippen LogP contribution in [0.3, 0.4) is 0 Å². The van der Waals surface area contributed by atoms with Crippen LogP contribution < -0.4 is 15.5 Å². The molecule has 1 saturated heterocycles. The number of pyridine rings is 1. The first-order chi connectivity index (χ1) is 14.7. The van der Waals surface area contributed by atoms with Crippen LogP contribution in [-0.2, 0) is 6.18 Å². The largest absolute Gasteiger partial charge is 0.417 e. The third-order valence-electron chi connectivity index (χ3n) is 5.04. The Morgan fingerprint density at radius 2 is 1.81 bits per heavy atom. The minimum Gasteiger partial charge on any atom is -0.353 e. The van der Waals surface area contributed by atoms with Crippen LogP contribution in [-0.4, -0.2) is 54.5 Å². The summed E-state index contributed by atoms with van der Waals surface area (Å²) in [5.74, 6) is 0.231. The van der Waals surface area contributed by atoms with E-state index in [9.17, 15) is 22.8 Å². The zero-order valence-electron chi connectivity index (χ0n) is 17.3. The van der Waals surface area contributed by atoms with Crippen molar-refractivity contribution in [3.8, 4) is 0 Å². The van der Waals surface area contributed by atoms with Gasteiger partial charge in [0.05, 0.1) is 5.56 Å². The first-order valence-electron chi connectivity index (χ1n) is 9.92. The van der Waals surface area contributed by atoms with E-state index in [1.165, 1.54) is 6.07 Å². The first-order valence-corrected chi connectivity index (χ1v) is 9.92. The normalized spacial score (nSPS) is 14.4. The van der Waals surface area contributed by atoms with Gasteiger partial charge in [-0.15, -0.1) is 0 Å². The van der Waals surface area contributed by atoms with Gasteiger partial charge in [0.15, 0.2) is 0 Å². The number of piperazine rings is 1. The van der Waals surface area contributed by atoms with Crippen LogP contribution in [0.5, 0.6) is 0 Å². The second-order valence-corrected chi connectivity index (χ2v) is 7.20. The first kappa shape index (κ1) is 22.4. The molecule has 3 amide bonds. The lowest BCUT2D eigenvalue weighted by molar-refractivity contribution is -0.137. The third-order valence-corrected chi connectivity index (χ3v) is 5.04. The van der Waals surface area contributed by atoms with Gasteiger partial charge in [-0.2, -0.15) is 13.2 Å². The van der Waals surface area contributed by atoms with E-state index in [0.717, 1.165) is 17.8 Å². The summed E-state index contributed by atoms with van der Waals surface area (Å²) in [5.41, 5.74) is 1.05. The second-order valence-electron chi connectivity index (χ2n) is 7.20. The second kappa shape index (κ2) is 9.23. The van der Waals surface area contributed by atoms with E-state index in [-0.39, 0.29) is 11.9 Å². The van der Waals surface area contributed by atoms with Gasteiger partial charge in [-0.3, -0.25) is 4.79 Å². The molecule has 0 aliphatic carbocycles. The highest BCUT2D eigenvalue weighted by molar-refractivity contribution is 5.97. The fourth-order valence-corrected chi connectivity index (χ4v) is 3.23. The molecule has 1 aromatic carbocycles. The van der Waals surface area contributed by atoms with E-state index in [1.54, 1.807) is 23.1 Å². The lowest BCUT2D eigenvalue weighted by Crippen LogP contribution is -2.50. The molecule has 2 heterocycles. The molecule has 0 radical (unpaired) electrons. The molecule has 31 heavy (non-hydrogen) atoms. The van der Waals surface area contributed by atoms with Crippen LogP contribution in [0.15, 0.2) is 36.5 Å². The topological polar surface area (TPSA) is 77.6 Å². The van der Waals surface area contributed by atoms with Crippen LogP contribution in [0.4, 0.5) is 29.5 Å². The van der Waals surface area contributed by atoms with Crippen LogP contribution in [0.25, 0.3) is 0 Å². The molecule has 1 aromatic heterocycles. The summed E-state index contributed by atoms with van der Waals surface area (Å²) < 4.78 is 38.1. The predicted molar refractivity (Wildman–Crippen MR) is 111 cm³/mol. The number of halogens is 3. The van der Waals surface area contributed by atoms with Crippen molar-refractivity contribution in [1.82, 2.24) is 15.2 Å². The lowest BCUT2D eigenvalue weighted by atomic mass is 10.1. The van der Waals surface area contributed by atoms with Gasteiger partial charge in [0.25, 0.3) is 5.91 Å². The Hall–Kier alpha value is -3.30. The molecule has 10 heteroatoms. The number of aromatic nitrogens is 1. The Labute approximate surface area is 178 Å². The van der Waals surface area contributed by atoms with Crippen LogP contribution in [0, 0.1) is 6.92 Å². The molecule has 0 bridgehead atoms. The predicted octanol–water partition coefficient (Wildman–Crippen LogP) is 3.51. The Balaban J connectivity index is 1.59. The average Bonchev–Trinajstić information content (AvgIpc) is 2.75. The monoisotopic (exact) mass is 435 g/mol. The van der Waals surface area contributed by atoms with E-state index in [0.29, 0.717) is 49.8 Å². The standard InChI is InChI=1S/C21H24F3N5O2/c1-3-25-19(30)15-5-4-14(2)17(12-15)27-20(31)29-10-8-28(9-11-29)18-7-6-16(13-26-18)21(22,23)24/h4-7,12-13H,3,8-11H2,1-2H3,(H,25,30)(H,27,31). The van der Waals surface area contributed by atoms with Crippen LogP contribution in [0.2, 0.25) is 0 Å². The minimum atomic E-state index is -4.42. The summed E-state index contributed by atoms with van der Waals surface area (Å²) in [6.45, 7) is 5.85. The number of nitrogens with zero attached hydrogens (tertiary/aromatic N) is 3. The number of carbonyl (C=O) groups excluding carboxylic acids is 2. The van der Waals surface area contributed by atoms with Crippen molar-refractivity contribution >= 4 is 23.4 Å². The maximum Gasteiger partial charge on any atom is 0.417 e. The number of rotatable bonds is 4. The number of aryl methyl sites for hydroxylation is 1. The Morgan fingerprint density at radius 1 is 1.10 bits per heavy atom. The Kier molecular flexibility index (Phi) is 6.67. The van der Waals surface area contributed by atoms with Gasteiger partial charge >= 0.3 is 12.2 Å². The van der Waals surface area contributed by atoms with Gasteiger partial charge in [0.2, 0.25) is 0 Å². The fourth-order valence-electron chi connectivity index (χ4n) is 3.23. The number of hydrogen-bond donors (Lipinski definition) is 2. The van der Waals surface area contributed by atoms with E-state index >= 15 is 0 Å².